The Labute approximate surface area is 152 Å². The summed E-state index contributed by atoms with van der Waals surface area (Å²) in [4.78, 5) is 31.2. The van der Waals surface area contributed by atoms with Crippen molar-refractivity contribution in [3.05, 3.63) is 34.9 Å². The molecular formula is C18H26N6O2. The first-order valence-corrected chi connectivity index (χ1v) is 9.47. The Balaban J connectivity index is 1.30. The normalized spacial score (nSPS) is 19.9. The Bertz CT molecular complexity index is 814. The number of piperidine rings is 1. The zero-order valence-corrected chi connectivity index (χ0v) is 15.1. The lowest BCUT2D eigenvalue weighted by atomic mass is 10.1. The van der Waals surface area contributed by atoms with E-state index >= 15 is 0 Å². The Morgan fingerprint density at radius 1 is 0.962 bits per heavy atom. The molecule has 8 heteroatoms. The van der Waals surface area contributed by atoms with Crippen molar-refractivity contribution >= 4 is 11.6 Å². The van der Waals surface area contributed by atoms with Gasteiger partial charge in [0.2, 0.25) is 5.91 Å². The van der Waals surface area contributed by atoms with Crippen LogP contribution in [0.1, 0.15) is 19.3 Å². The van der Waals surface area contributed by atoms with Crippen LogP contribution in [0.2, 0.25) is 0 Å². The summed E-state index contributed by atoms with van der Waals surface area (Å²) in [6.07, 6.45) is 5.25. The molecule has 4 rings (SSSR count). The molecular weight excluding hydrogens is 332 g/mol. The van der Waals surface area contributed by atoms with Crippen molar-refractivity contribution in [2.75, 3.05) is 45.8 Å². The van der Waals surface area contributed by atoms with E-state index in [1.807, 2.05) is 23.1 Å². The third-order valence-electron chi connectivity index (χ3n) is 5.35. The van der Waals surface area contributed by atoms with Gasteiger partial charge in [-0.25, -0.2) is 4.79 Å². The van der Waals surface area contributed by atoms with E-state index in [-0.39, 0.29) is 11.6 Å². The maximum absolute atomic E-state index is 12.4. The third-order valence-corrected chi connectivity index (χ3v) is 5.35. The predicted octanol–water partition coefficient (Wildman–Crippen LogP) is 0.0836. The van der Waals surface area contributed by atoms with Crippen molar-refractivity contribution < 1.29 is 4.79 Å². The molecule has 0 N–H and O–H groups in total. The van der Waals surface area contributed by atoms with Crippen molar-refractivity contribution in [1.29, 1.82) is 0 Å². The molecule has 140 valence electrons. The van der Waals surface area contributed by atoms with Gasteiger partial charge in [0.05, 0.1) is 13.2 Å². The van der Waals surface area contributed by atoms with Gasteiger partial charge in [0.15, 0.2) is 5.65 Å². The second kappa shape index (κ2) is 7.59. The van der Waals surface area contributed by atoms with Gasteiger partial charge in [-0.2, -0.15) is 4.68 Å². The molecule has 2 aliphatic heterocycles. The van der Waals surface area contributed by atoms with Crippen LogP contribution >= 0.6 is 0 Å². The van der Waals surface area contributed by atoms with Crippen LogP contribution in [0.15, 0.2) is 29.2 Å². The second-order valence-electron chi connectivity index (χ2n) is 7.19. The molecule has 4 heterocycles. The van der Waals surface area contributed by atoms with Crippen LogP contribution in [0.3, 0.4) is 0 Å². The number of carbonyl (C=O) groups is 1. The monoisotopic (exact) mass is 358 g/mol. The fraction of sp³-hybridized carbons (Fsp3) is 0.611. The molecule has 8 nitrogen and oxygen atoms in total. The maximum Gasteiger partial charge on any atom is 0.351 e. The van der Waals surface area contributed by atoms with Crippen LogP contribution < -0.4 is 5.69 Å². The number of likely N-dealkylation sites (tertiary alicyclic amines) is 1. The summed E-state index contributed by atoms with van der Waals surface area (Å²) >= 11 is 0. The summed E-state index contributed by atoms with van der Waals surface area (Å²) in [5.74, 6) is 0.259. The summed E-state index contributed by atoms with van der Waals surface area (Å²) in [5.41, 5.74) is 0.562. The van der Waals surface area contributed by atoms with Gasteiger partial charge in [-0.3, -0.25) is 19.0 Å². The highest BCUT2D eigenvalue weighted by Gasteiger charge is 2.23. The van der Waals surface area contributed by atoms with Crippen molar-refractivity contribution in [2.45, 2.75) is 25.9 Å². The van der Waals surface area contributed by atoms with Crippen LogP contribution in [0, 0.1) is 0 Å². The van der Waals surface area contributed by atoms with Gasteiger partial charge >= 0.3 is 5.69 Å². The van der Waals surface area contributed by atoms with E-state index in [2.05, 4.69) is 14.9 Å². The SMILES string of the molecule is O=C(CN1CCN(Cn2nc3ccccn3c2=O)CC1)N1CCCCC1. The summed E-state index contributed by atoms with van der Waals surface area (Å²) in [5, 5.41) is 4.39. The summed E-state index contributed by atoms with van der Waals surface area (Å²) < 4.78 is 3.08. The van der Waals surface area contributed by atoms with E-state index in [1.165, 1.54) is 11.1 Å². The summed E-state index contributed by atoms with van der Waals surface area (Å²) in [6, 6.07) is 5.55. The predicted molar refractivity (Wildman–Crippen MR) is 97.9 cm³/mol. The van der Waals surface area contributed by atoms with Crippen molar-refractivity contribution in [1.82, 2.24) is 28.9 Å². The van der Waals surface area contributed by atoms with Gasteiger partial charge in [0.25, 0.3) is 0 Å². The lowest BCUT2D eigenvalue weighted by Crippen LogP contribution is -2.51. The number of nitrogens with zero attached hydrogens (tertiary/aromatic N) is 6. The minimum absolute atomic E-state index is 0.108. The highest BCUT2D eigenvalue weighted by molar-refractivity contribution is 5.78. The number of rotatable bonds is 4. The number of fused-ring (bicyclic) bond motifs is 1. The number of piperazine rings is 1. The van der Waals surface area contributed by atoms with Gasteiger partial charge < -0.3 is 4.90 Å². The van der Waals surface area contributed by atoms with E-state index in [4.69, 9.17) is 0 Å². The molecule has 2 saturated heterocycles. The van der Waals surface area contributed by atoms with Gasteiger partial charge in [0.1, 0.15) is 0 Å². The van der Waals surface area contributed by atoms with Crippen LogP contribution in [0.4, 0.5) is 0 Å². The molecule has 0 aromatic carbocycles. The maximum atomic E-state index is 12.4. The second-order valence-corrected chi connectivity index (χ2v) is 7.19. The van der Waals surface area contributed by atoms with Crippen LogP contribution in [0.25, 0.3) is 5.65 Å². The zero-order valence-electron chi connectivity index (χ0n) is 15.1. The molecule has 0 saturated carbocycles. The molecule has 2 aromatic rings. The van der Waals surface area contributed by atoms with Crippen LogP contribution in [-0.4, -0.2) is 80.6 Å². The number of hydrogen-bond acceptors (Lipinski definition) is 5. The third kappa shape index (κ3) is 3.66. The molecule has 0 bridgehead atoms. The van der Waals surface area contributed by atoms with Crippen molar-refractivity contribution in [2.24, 2.45) is 0 Å². The fourth-order valence-corrected chi connectivity index (χ4v) is 3.77. The molecule has 1 amide bonds. The van der Waals surface area contributed by atoms with E-state index in [0.29, 0.717) is 18.9 Å². The highest BCUT2D eigenvalue weighted by Crippen LogP contribution is 2.10. The first-order valence-electron chi connectivity index (χ1n) is 9.47. The largest absolute Gasteiger partial charge is 0.351 e. The van der Waals surface area contributed by atoms with E-state index in [0.717, 1.165) is 52.1 Å². The number of carbonyl (C=O) groups excluding carboxylic acids is 1. The summed E-state index contributed by atoms with van der Waals surface area (Å²) in [6.45, 7) is 6.21. The molecule has 0 unspecified atom stereocenters. The summed E-state index contributed by atoms with van der Waals surface area (Å²) in [7, 11) is 0. The van der Waals surface area contributed by atoms with Gasteiger partial charge in [-0.1, -0.05) is 6.07 Å². The molecule has 0 radical (unpaired) electrons. The molecule has 0 atom stereocenters. The lowest BCUT2D eigenvalue weighted by molar-refractivity contribution is -0.133. The quantitative estimate of drug-likeness (QED) is 0.775. The Morgan fingerprint density at radius 3 is 2.42 bits per heavy atom. The molecule has 2 aromatic heterocycles. The molecule has 0 spiro atoms. The first-order chi connectivity index (χ1) is 12.7. The van der Waals surface area contributed by atoms with E-state index in [9.17, 15) is 9.59 Å². The lowest BCUT2D eigenvalue weighted by Gasteiger charge is -2.35. The standard InChI is InChI=1S/C18H26N6O2/c25-17(22-7-3-1-4-8-22)14-20-10-12-21(13-11-20)15-24-18(26)23-9-5-2-6-16(23)19-24/h2,5-6,9H,1,3-4,7-8,10-15H2. The van der Waals surface area contributed by atoms with Gasteiger partial charge in [-0.15, -0.1) is 5.10 Å². The highest BCUT2D eigenvalue weighted by atomic mass is 16.2. The average molecular weight is 358 g/mol. The first kappa shape index (κ1) is 17.2. The van der Waals surface area contributed by atoms with Gasteiger partial charge in [-0.05, 0) is 31.4 Å². The van der Waals surface area contributed by atoms with Crippen LogP contribution in [0.5, 0.6) is 0 Å². The molecule has 26 heavy (non-hydrogen) atoms. The topological polar surface area (TPSA) is 66.1 Å². The Hall–Kier alpha value is -2.19. The smallest absolute Gasteiger partial charge is 0.342 e. The minimum Gasteiger partial charge on any atom is -0.342 e. The molecule has 2 aliphatic rings. The van der Waals surface area contributed by atoms with Gasteiger partial charge in [0, 0.05) is 45.5 Å². The Morgan fingerprint density at radius 2 is 1.69 bits per heavy atom. The minimum atomic E-state index is -0.108. The molecule has 0 aliphatic carbocycles. The van der Waals surface area contributed by atoms with Crippen molar-refractivity contribution in [3.63, 3.8) is 0 Å². The van der Waals surface area contributed by atoms with E-state index < -0.39 is 0 Å². The number of aromatic nitrogens is 3. The number of pyridine rings is 1. The number of hydrogen-bond donors (Lipinski definition) is 0. The number of amides is 1. The van der Waals surface area contributed by atoms with Crippen LogP contribution in [-0.2, 0) is 11.5 Å². The molecule has 2 fully saturated rings. The zero-order chi connectivity index (χ0) is 17.9. The van der Waals surface area contributed by atoms with E-state index in [1.54, 1.807) is 10.6 Å². The van der Waals surface area contributed by atoms with Crippen molar-refractivity contribution in [3.8, 4) is 0 Å². The Kier molecular flexibility index (Phi) is 5.03. The fourth-order valence-electron chi connectivity index (χ4n) is 3.77. The average Bonchev–Trinajstić information content (AvgIpc) is 3.00.